The van der Waals surface area contributed by atoms with Gasteiger partial charge in [0, 0.05) is 5.02 Å². The minimum absolute atomic E-state index is 0.131. The Morgan fingerprint density at radius 1 is 1.04 bits per heavy atom. The highest BCUT2D eigenvalue weighted by molar-refractivity contribution is 6.31. The third-order valence-corrected chi connectivity index (χ3v) is 4.91. The van der Waals surface area contributed by atoms with E-state index < -0.39 is 0 Å². The molecule has 0 radical (unpaired) electrons. The first-order chi connectivity index (χ1) is 13.4. The lowest BCUT2D eigenvalue weighted by Crippen LogP contribution is -2.27. The van der Waals surface area contributed by atoms with Gasteiger partial charge in [-0.3, -0.25) is 4.79 Å². The quantitative estimate of drug-likeness (QED) is 0.555. The van der Waals surface area contributed by atoms with Crippen molar-refractivity contribution in [2.24, 2.45) is 0 Å². The van der Waals surface area contributed by atoms with Crippen molar-refractivity contribution in [2.75, 3.05) is 0 Å². The second-order valence-electron chi connectivity index (χ2n) is 6.97. The molecule has 0 aromatic heterocycles. The van der Waals surface area contributed by atoms with E-state index in [0.717, 1.165) is 22.3 Å². The highest BCUT2D eigenvalue weighted by Crippen LogP contribution is 2.26. The fourth-order valence-electron chi connectivity index (χ4n) is 3.12. The van der Waals surface area contributed by atoms with Gasteiger partial charge >= 0.3 is 0 Å². The summed E-state index contributed by atoms with van der Waals surface area (Å²) in [5.74, 6) is 0.304. The summed E-state index contributed by atoms with van der Waals surface area (Å²) in [6, 6.07) is 21.1. The Bertz CT molecular complexity index is 970. The van der Waals surface area contributed by atoms with Crippen LogP contribution < -0.4 is 10.1 Å². The van der Waals surface area contributed by atoms with Gasteiger partial charge in [0.15, 0.2) is 0 Å². The fourth-order valence-corrected chi connectivity index (χ4v) is 3.29. The van der Waals surface area contributed by atoms with E-state index in [-0.39, 0.29) is 11.9 Å². The minimum atomic E-state index is -0.209. The van der Waals surface area contributed by atoms with Crippen molar-refractivity contribution in [1.29, 1.82) is 0 Å². The van der Waals surface area contributed by atoms with E-state index in [9.17, 15) is 4.79 Å². The molecule has 3 aromatic carbocycles. The number of benzene rings is 3. The SMILES string of the molecule is Cc1ccc(C)c(C(C)NC(=O)c2cc(Cl)ccc2OCc2ccccc2)c1. The van der Waals surface area contributed by atoms with Gasteiger partial charge in [-0.25, -0.2) is 0 Å². The van der Waals surface area contributed by atoms with Gasteiger partial charge in [0.1, 0.15) is 12.4 Å². The van der Waals surface area contributed by atoms with Crippen molar-refractivity contribution in [3.63, 3.8) is 0 Å². The van der Waals surface area contributed by atoms with Crippen LogP contribution in [0, 0.1) is 13.8 Å². The molecule has 0 spiro atoms. The molecule has 1 unspecified atom stereocenters. The molecule has 3 aromatic rings. The molecule has 0 aliphatic carbocycles. The smallest absolute Gasteiger partial charge is 0.255 e. The van der Waals surface area contributed by atoms with Gasteiger partial charge < -0.3 is 10.1 Å². The predicted molar refractivity (Wildman–Crippen MR) is 114 cm³/mol. The average Bonchev–Trinajstić information content (AvgIpc) is 2.69. The fraction of sp³-hybridized carbons (Fsp3) is 0.208. The molecule has 3 rings (SSSR count). The minimum Gasteiger partial charge on any atom is -0.488 e. The maximum absolute atomic E-state index is 13.0. The van der Waals surface area contributed by atoms with Crippen molar-refractivity contribution in [2.45, 2.75) is 33.4 Å². The van der Waals surface area contributed by atoms with E-state index in [4.69, 9.17) is 16.3 Å². The summed E-state index contributed by atoms with van der Waals surface area (Å²) in [5.41, 5.74) is 4.87. The number of carbonyl (C=O) groups is 1. The highest BCUT2D eigenvalue weighted by atomic mass is 35.5. The maximum atomic E-state index is 13.0. The van der Waals surface area contributed by atoms with Gasteiger partial charge in [0.05, 0.1) is 11.6 Å². The lowest BCUT2D eigenvalue weighted by molar-refractivity contribution is 0.0935. The van der Waals surface area contributed by atoms with E-state index in [0.29, 0.717) is 22.9 Å². The van der Waals surface area contributed by atoms with E-state index >= 15 is 0 Å². The van der Waals surface area contributed by atoms with Crippen LogP contribution in [0.3, 0.4) is 0 Å². The van der Waals surface area contributed by atoms with Crippen LogP contribution in [0.1, 0.15) is 45.6 Å². The largest absolute Gasteiger partial charge is 0.488 e. The summed E-state index contributed by atoms with van der Waals surface area (Å²) in [4.78, 5) is 13.0. The summed E-state index contributed by atoms with van der Waals surface area (Å²) in [6.07, 6.45) is 0. The Hall–Kier alpha value is -2.78. The van der Waals surface area contributed by atoms with Crippen LogP contribution >= 0.6 is 11.6 Å². The first-order valence-corrected chi connectivity index (χ1v) is 9.66. The molecule has 0 saturated carbocycles. The molecule has 0 fully saturated rings. The topological polar surface area (TPSA) is 38.3 Å². The van der Waals surface area contributed by atoms with Gasteiger partial charge in [-0.2, -0.15) is 0 Å². The second kappa shape index (κ2) is 8.94. The molecule has 0 heterocycles. The number of carbonyl (C=O) groups excluding carboxylic acids is 1. The van der Waals surface area contributed by atoms with Crippen LogP contribution in [0.25, 0.3) is 0 Å². The number of ether oxygens (including phenoxy) is 1. The molecule has 0 bridgehead atoms. The monoisotopic (exact) mass is 393 g/mol. The first kappa shape index (κ1) is 20.0. The Balaban J connectivity index is 1.78. The molecular weight excluding hydrogens is 370 g/mol. The molecule has 0 aliphatic rings. The summed E-state index contributed by atoms with van der Waals surface area (Å²) >= 11 is 6.14. The lowest BCUT2D eigenvalue weighted by atomic mass is 9.99. The Morgan fingerprint density at radius 2 is 1.79 bits per heavy atom. The van der Waals surface area contributed by atoms with Gasteiger partial charge in [-0.15, -0.1) is 0 Å². The van der Waals surface area contributed by atoms with Crippen molar-refractivity contribution < 1.29 is 9.53 Å². The Kier molecular flexibility index (Phi) is 6.37. The molecule has 3 nitrogen and oxygen atoms in total. The molecular formula is C24H24ClNO2. The molecule has 144 valence electrons. The van der Waals surface area contributed by atoms with Crippen molar-refractivity contribution in [3.05, 3.63) is 99.6 Å². The van der Waals surface area contributed by atoms with E-state index in [2.05, 4.69) is 23.5 Å². The number of amides is 1. The highest BCUT2D eigenvalue weighted by Gasteiger charge is 2.18. The summed E-state index contributed by atoms with van der Waals surface area (Å²) in [7, 11) is 0. The van der Waals surface area contributed by atoms with Gasteiger partial charge in [-0.05, 0) is 55.7 Å². The van der Waals surface area contributed by atoms with Crippen molar-refractivity contribution in [3.8, 4) is 5.75 Å². The summed E-state index contributed by atoms with van der Waals surface area (Å²) in [5, 5.41) is 3.57. The van der Waals surface area contributed by atoms with Crippen LogP contribution in [-0.2, 0) is 6.61 Å². The molecule has 4 heteroatoms. The Morgan fingerprint density at radius 3 is 2.54 bits per heavy atom. The second-order valence-corrected chi connectivity index (χ2v) is 7.41. The Labute approximate surface area is 171 Å². The normalized spacial score (nSPS) is 11.7. The van der Waals surface area contributed by atoms with Gasteiger partial charge in [0.2, 0.25) is 0 Å². The zero-order valence-corrected chi connectivity index (χ0v) is 17.1. The van der Waals surface area contributed by atoms with E-state index in [1.165, 1.54) is 0 Å². The van der Waals surface area contributed by atoms with E-state index in [1.54, 1.807) is 18.2 Å². The number of hydrogen-bond donors (Lipinski definition) is 1. The van der Waals surface area contributed by atoms with Gasteiger partial charge in [0.25, 0.3) is 5.91 Å². The van der Waals surface area contributed by atoms with Crippen LogP contribution in [0.5, 0.6) is 5.75 Å². The molecule has 0 saturated heterocycles. The molecule has 0 aliphatic heterocycles. The number of aryl methyl sites for hydroxylation is 2. The standard InChI is InChI=1S/C24H24ClNO2/c1-16-9-10-17(2)21(13-16)18(3)26-24(27)22-14-20(25)11-12-23(22)28-15-19-7-5-4-6-8-19/h4-14,18H,15H2,1-3H3,(H,26,27). The number of hydrogen-bond acceptors (Lipinski definition) is 2. The number of halogens is 1. The maximum Gasteiger partial charge on any atom is 0.255 e. The van der Waals surface area contributed by atoms with Crippen LogP contribution in [-0.4, -0.2) is 5.91 Å². The van der Waals surface area contributed by atoms with Crippen LogP contribution in [0.15, 0.2) is 66.7 Å². The van der Waals surface area contributed by atoms with Crippen LogP contribution in [0.4, 0.5) is 0 Å². The lowest BCUT2D eigenvalue weighted by Gasteiger charge is -2.19. The summed E-state index contributed by atoms with van der Waals surface area (Å²) in [6.45, 7) is 6.46. The number of nitrogens with one attached hydrogen (secondary N) is 1. The number of rotatable bonds is 6. The first-order valence-electron chi connectivity index (χ1n) is 9.28. The van der Waals surface area contributed by atoms with Gasteiger partial charge in [-0.1, -0.05) is 65.7 Å². The van der Waals surface area contributed by atoms with Crippen molar-refractivity contribution in [1.82, 2.24) is 5.32 Å². The predicted octanol–water partition coefficient (Wildman–Crippen LogP) is 6.03. The average molecular weight is 394 g/mol. The zero-order chi connectivity index (χ0) is 20.1. The molecule has 1 amide bonds. The van der Waals surface area contributed by atoms with Crippen LogP contribution in [0.2, 0.25) is 5.02 Å². The van der Waals surface area contributed by atoms with Crippen molar-refractivity contribution >= 4 is 17.5 Å². The van der Waals surface area contributed by atoms with E-state index in [1.807, 2.05) is 51.1 Å². The molecule has 1 atom stereocenters. The third kappa shape index (κ3) is 4.93. The summed E-state index contributed by atoms with van der Waals surface area (Å²) < 4.78 is 5.91. The zero-order valence-electron chi connectivity index (χ0n) is 16.3. The third-order valence-electron chi connectivity index (χ3n) is 4.67. The molecule has 1 N–H and O–H groups in total. The molecule has 28 heavy (non-hydrogen) atoms.